The molecule has 0 saturated heterocycles. The molecule has 0 fully saturated rings. The van der Waals surface area contributed by atoms with E-state index in [1.165, 1.54) is 5.56 Å². The summed E-state index contributed by atoms with van der Waals surface area (Å²) in [7, 11) is -0.410. The number of hydrogen-bond acceptors (Lipinski definition) is 0. The summed E-state index contributed by atoms with van der Waals surface area (Å²) >= 11 is 5.62. The molecule has 1 rings (SSSR count). The maximum atomic E-state index is 5.62. The SMILES string of the molecule is Cl[SiH2]C=CCc1ccccc1. The van der Waals surface area contributed by atoms with Crippen molar-refractivity contribution in [3.05, 3.63) is 47.7 Å². The molecule has 0 aromatic heterocycles. The summed E-state index contributed by atoms with van der Waals surface area (Å²) in [4.78, 5) is 0. The smallest absolute Gasteiger partial charge is 0.148 e. The van der Waals surface area contributed by atoms with Gasteiger partial charge in [-0.3, -0.25) is 0 Å². The first kappa shape index (κ1) is 8.56. The maximum absolute atomic E-state index is 5.62. The van der Waals surface area contributed by atoms with Gasteiger partial charge < -0.3 is 0 Å². The zero-order chi connectivity index (χ0) is 7.94. The highest BCUT2D eigenvalue weighted by molar-refractivity contribution is 6.96. The largest absolute Gasteiger partial charge is 0.171 e. The summed E-state index contributed by atoms with van der Waals surface area (Å²) in [6.07, 6.45) is 3.16. The van der Waals surface area contributed by atoms with E-state index in [0.29, 0.717) is 0 Å². The summed E-state index contributed by atoms with van der Waals surface area (Å²) in [5, 5.41) is 0. The Kier molecular flexibility index (Phi) is 4.02. The van der Waals surface area contributed by atoms with Crippen LogP contribution in [0.15, 0.2) is 42.1 Å². The van der Waals surface area contributed by atoms with Crippen LogP contribution in [0.4, 0.5) is 0 Å². The Morgan fingerprint density at radius 1 is 1.27 bits per heavy atom. The molecular formula is C9H11ClSi. The summed E-state index contributed by atoms with van der Waals surface area (Å²) in [6, 6.07) is 10.4. The van der Waals surface area contributed by atoms with Gasteiger partial charge in [0.1, 0.15) is 8.83 Å². The molecule has 0 atom stereocenters. The van der Waals surface area contributed by atoms with E-state index >= 15 is 0 Å². The topological polar surface area (TPSA) is 0 Å². The Morgan fingerprint density at radius 3 is 2.64 bits per heavy atom. The standard InChI is InChI=1S/C9H11ClSi/c10-11-8-4-7-9-5-2-1-3-6-9/h1-6,8H,7,11H2. The molecule has 0 aliphatic carbocycles. The van der Waals surface area contributed by atoms with E-state index < -0.39 is 8.83 Å². The van der Waals surface area contributed by atoms with E-state index in [0.717, 1.165) is 6.42 Å². The quantitative estimate of drug-likeness (QED) is 0.496. The van der Waals surface area contributed by atoms with Gasteiger partial charge >= 0.3 is 0 Å². The maximum Gasteiger partial charge on any atom is 0.148 e. The van der Waals surface area contributed by atoms with Gasteiger partial charge in [-0.05, 0) is 12.0 Å². The lowest BCUT2D eigenvalue weighted by Gasteiger charge is -1.92. The van der Waals surface area contributed by atoms with Crippen molar-refractivity contribution in [2.75, 3.05) is 0 Å². The first-order valence-corrected chi connectivity index (χ1v) is 6.64. The minimum Gasteiger partial charge on any atom is -0.171 e. The lowest BCUT2D eigenvalue weighted by molar-refractivity contribution is 1.28. The fourth-order valence-corrected chi connectivity index (χ4v) is 1.57. The van der Waals surface area contributed by atoms with E-state index in [4.69, 9.17) is 11.1 Å². The van der Waals surface area contributed by atoms with Crippen molar-refractivity contribution >= 4 is 19.9 Å². The van der Waals surface area contributed by atoms with Crippen LogP contribution in [0.3, 0.4) is 0 Å². The first-order chi connectivity index (χ1) is 5.43. The fraction of sp³-hybridized carbons (Fsp3) is 0.111. The summed E-state index contributed by atoms with van der Waals surface area (Å²) < 4.78 is 0. The molecule has 0 N–H and O–H groups in total. The second-order valence-corrected chi connectivity index (χ2v) is 4.02. The Bertz CT molecular complexity index is 218. The Balaban J connectivity index is 2.45. The third-order valence-corrected chi connectivity index (χ3v) is 2.50. The van der Waals surface area contributed by atoms with Crippen LogP contribution in [0.5, 0.6) is 0 Å². The van der Waals surface area contributed by atoms with Crippen LogP contribution >= 0.6 is 11.1 Å². The molecule has 1 aromatic rings. The zero-order valence-electron chi connectivity index (χ0n) is 6.33. The molecule has 1 aromatic carbocycles. The number of halogens is 1. The first-order valence-electron chi connectivity index (χ1n) is 3.68. The van der Waals surface area contributed by atoms with Gasteiger partial charge in [0.25, 0.3) is 0 Å². The van der Waals surface area contributed by atoms with E-state index in [1.54, 1.807) is 0 Å². The molecule has 0 radical (unpaired) electrons. The second-order valence-electron chi connectivity index (χ2n) is 2.32. The van der Waals surface area contributed by atoms with Gasteiger partial charge in [-0.15, -0.1) is 0 Å². The molecule has 0 amide bonds. The highest BCUT2D eigenvalue weighted by Gasteiger charge is 1.84. The predicted molar refractivity (Wildman–Crippen MR) is 53.7 cm³/mol. The van der Waals surface area contributed by atoms with Crippen LogP contribution in [0.1, 0.15) is 5.56 Å². The molecule has 0 saturated carbocycles. The fourth-order valence-electron chi connectivity index (χ4n) is 0.897. The molecule has 0 heterocycles. The number of allylic oxidation sites excluding steroid dienone is 1. The summed E-state index contributed by atoms with van der Waals surface area (Å²) in [6.45, 7) is 0. The number of rotatable bonds is 3. The molecule has 0 unspecified atom stereocenters. The van der Waals surface area contributed by atoms with Gasteiger partial charge in [0, 0.05) is 0 Å². The normalized spacial score (nSPS) is 11.7. The van der Waals surface area contributed by atoms with Crippen LogP contribution in [0.25, 0.3) is 0 Å². The number of hydrogen-bond donors (Lipinski definition) is 0. The molecule has 0 aliphatic rings. The minimum atomic E-state index is -0.410. The van der Waals surface area contributed by atoms with Crippen LogP contribution in [0.2, 0.25) is 0 Å². The molecule has 0 bridgehead atoms. The third kappa shape index (κ3) is 3.40. The van der Waals surface area contributed by atoms with Crippen molar-refractivity contribution in [1.29, 1.82) is 0 Å². The predicted octanol–water partition coefficient (Wildman–Crippen LogP) is 2.07. The van der Waals surface area contributed by atoms with Crippen molar-refractivity contribution in [1.82, 2.24) is 0 Å². The van der Waals surface area contributed by atoms with E-state index in [9.17, 15) is 0 Å². The second kappa shape index (κ2) is 5.16. The van der Waals surface area contributed by atoms with Crippen LogP contribution in [0, 0.1) is 0 Å². The van der Waals surface area contributed by atoms with Crippen molar-refractivity contribution in [3.8, 4) is 0 Å². The average Bonchev–Trinajstić information content (AvgIpc) is 2.07. The lowest BCUT2D eigenvalue weighted by Crippen LogP contribution is -1.78. The van der Waals surface area contributed by atoms with Crippen LogP contribution < -0.4 is 0 Å². The Hall–Kier alpha value is -0.533. The van der Waals surface area contributed by atoms with Gasteiger partial charge in [-0.25, -0.2) is 0 Å². The summed E-state index contributed by atoms with van der Waals surface area (Å²) in [5.74, 6) is 0. The van der Waals surface area contributed by atoms with Crippen molar-refractivity contribution in [2.24, 2.45) is 0 Å². The molecule has 2 heteroatoms. The molecule has 0 nitrogen and oxygen atoms in total. The van der Waals surface area contributed by atoms with Gasteiger partial charge in [0.05, 0.1) is 0 Å². The highest BCUT2D eigenvalue weighted by atomic mass is 35.6. The summed E-state index contributed by atoms with van der Waals surface area (Å²) in [5.41, 5.74) is 3.46. The third-order valence-electron chi connectivity index (χ3n) is 1.45. The van der Waals surface area contributed by atoms with Crippen molar-refractivity contribution in [3.63, 3.8) is 0 Å². The molecule has 0 aliphatic heterocycles. The monoisotopic (exact) mass is 182 g/mol. The van der Waals surface area contributed by atoms with Gasteiger partial charge in [-0.1, -0.05) is 42.1 Å². The van der Waals surface area contributed by atoms with Crippen molar-refractivity contribution in [2.45, 2.75) is 6.42 Å². The molecule has 11 heavy (non-hydrogen) atoms. The molecule has 0 spiro atoms. The van der Waals surface area contributed by atoms with Crippen molar-refractivity contribution < 1.29 is 0 Å². The Labute approximate surface area is 74.4 Å². The molecular weight excluding hydrogens is 172 g/mol. The van der Waals surface area contributed by atoms with Crippen LogP contribution in [-0.4, -0.2) is 8.83 Å². The van der Waals surface area contributed by atoms with E-state index in [2.05, 4.69) is 36.0 Å². The van der Waals surface area contributed by atoms with E-state index in [1.807, 2.05) is 6.07 Å². The number of benzene rings is 1. The van der Waals surface area contributed by atoms with Gasteiger partial charge in [-0.2, -0.15) is 11.1 Å². The lowest BCUT2D eigenvalue weighted by atomic mass is 10.2. The average molecular weight is 183 g/mol. The van der Waals surface area contributed by atoms with Gasteiger partial charge in [0.15, 0.2) is 0 Å². The highest BCUT2D eigenvalue weighted by Crippen LogP contribution is 1.99. The Morgan fingerprint density at radius 2 is 2.00 bits per heavy atom. The van der Waals surface area contributed by atoms with E-state index in [-0.39, 0.29) is 0 Å². The van der Waals surface area contributed by atoms with Crippen LogP contribution in [-0.2, 0) is 6.42 Å². The minimum absolute atomic E-state index is 0.410. The molecule has 58 valence electrons. The van der Waals surface area contributed by atoms with Gasteiger partial charge in [0.2, 0.25) is 0 Å². The zero-order valence-corrected chi connectivity index (χ0v) is 8.50.